The SMILES string of the molecule is CC1(C)C=CC(Cc2ccc[nH]2)=N1.[Ti]. The Labute approximate surface area is 99.4 Å². The molecule has 0 amide bonds. The summed E-state index contributed by atoms with van der Waals surface area (Å²) in [7, 11) is 0. The molecule has 2 heterocycles. The predicted molar refractivity (Wildman–Crippen MR) is 55.2 cm³/mol. The molecule has 2 nitrogen and oxygen atoms in total. The molecule has 0 saturated carbocycles. The van der Waals surface area contributed by atoms with Gasteiger partial charge in [0.2, 0.25) is 0 Å². The standard InChI is InChI=1S/C11H14N2.Ti/c1-11(2)6-5-10(13-11)8-9-4-3-7-12-9;/h3-7,12H,8H2,1-2H3;. The van der Waals surface area contributed by atoms with Gasteiger partial charge >= 0.3 is 0 Å². The van der Waals surface area contributed by atoms with Crippen molar-refractivity contribution in [1.82, 2.24) is 4.98 Å². The third-order valence-electron chi connectivity index (χ3n) is 2.15. The van der Waals surface area contributed by atoms with Crippen LogP contribution in [0.4, 0.5) is 0 Å². The van der Waals surface area contributed by atoms with Crippen LogP contribution in [-0.2, 0) is 28.1 Å². The quantitative estimate of drug-likeness (QED) is 0.744. The van der Waals surface area contributed by atoms with Gasteiger partial charge in [0.25, 0.3) is 0 Å². The molecule has 0 unspecified atom stereocenters. The summed E-state index contributed by atoms with van der Waals surface area (Å²) >= 11 is 0. The predicted octanol–water partition coefficient (Wildman–Crippen LogP) is 2.34. The molecule has 2 rings (SSSR count). The van der Waals surface area contributed by atoms with E-state index in [1.165, 1.54) is 5.69 Å². The molecule has 72 valence electrons. The molecule has 1 aliphatic heterocycles. The van der Waals surface area contributed by atoms with Crippen LogP contribution in [0.2, 0.25) is 0 Å². The number of aromatic amines is 1. The third-order valence-corrected chi connectivity index (χ3v) is 2.15. The van der Waals surface area contributed by atoms with E-state index >= 15 is 0 Å². The van der Waals surface area contributed by atoms with Gasteiger partial charge in [-0.1, -0.05) is 6.08 Å². The van der Waals surface area contributed by atoms with E-state index in [0.29, 0.717) is 0 Å². The van der Waals surface area contributed by atoms with Crippen LogP contribution in [0.25, 0.3) is 0 Å². The second-order valence-electron chi connectivity index (χ2n) is 3.96. The second kappa shape index (κ2) is 4.28. The Balaban J connectivity index is 0.000000980. The van der Waals surface area contributed by atoms with Crippen LogP contribution in [0.1, 0.15) is 19.5 Å². The van der Waals surface area contributed by atoms with Gasteiger partial charge in [-0.2, -0.15) is 0 Å². The smallest absolute Gasteiger partial charge is 0.0738 e. The third kappa shape index (κ3) is 2.69. The van der Waals surface area contributed by atoms with Crippen molar-refractivity contribution in [2.24, 2.45) is 4.99 Å². The number of hydrogen-bond acceptors (Lipinski definition) is 1. The number of allylic oxidation sites excluding steroid dienone is 1. The van der Waals surface area contributed by atoms with Crippen LogP contribution < -0.4 is 0 Å². The maximum absolute atomic E-state index is 4.58. The van der Waals surface area contributed by atoms with E-state index in [-0.39, 0.29) is 27.3 Å². The molecule has 1 aromatic heterocycles. The molecule has 0 aromatic carbocycles. The minimum absolute atomic E-state index is 0. The van der Waals surface area contributed by atoms with Gasteiger partial charge in [-0.15, -0.1) is 0 Å². The van der Waals surface area contributed by atoms with Crippen molar-refractivity contribution in [3.05, 3.63) is 36.2 Å². The molecular formula is C11H14N2Ti. The second-order valence-corrected chi connectivity index (χ2v) is 3.96. The molecule has 3 heteroatoms. The fourth-order valence-electron chi connectivity index (χ4n) is 1.52. The molecule has 0 atom stereocenters. The molecule has 0 radical (unpaired) electrons. The van der Waals surface area contributed by atoms with Crippen molar-refractivity contribution in [2.75, 3.05) is 0 Å². The molecule has 0 spiro atoms. The van der Waals surface area contributed by atoms with Crippen LogP contribution in [0, 0.1) is 0 Å². The van der Waals surface area contributed by atoms with Crippen molar-refractivity contribution in [1.29, 1.82) is 0 Å². The first kappa shape index (κ1) is 11.5. The summed E-state index contributed by atoms with van der Waals surface area (Å²) in [4.78, 5) is 7.76. The molecule has 1 N–H and O–H groups in total. The zero-order valence-corrected chi connectivity index (χ0v) is 10.1. The Morgan fingerprint density at radius 3 is 2.71 bits per heavy atom. The molecule has 14 heavy (non-hydrogen) atoms. The Bertz CT molecular complexity index is 347. The van der Waals surface area contributed by atoms with Crippen molar-refractivity contribution in [3.63, 3.8) is 0 Å². The van der Waals surface area contributed by atoms with E-state index in [1.807, 2.05) is 12.3 Å². The Hall–Kier alpha value is -0.596. The Morgan fingerprint density at radius 2 is 2.21 bits per heavy atom. The summed E-state index contributed by atoms with van der Waals surface area (Å²) in [6.45, 7) is 4.23. The normalized spacial score (nSPS) is 17.7. The zero-order valence-electron chi connectivity index (χ0n) is 8.54. The average molecular weight is 222 g/mol. The summed E-state index contributed by atoms with van der Waals surface area (Å²) in [5.41, 5.74) is 2.38. The number of H-pyrrole nitrogens is 1. The molecule has 0 fully saturated rings. The van der Waals surface area contributed by atoms with Crippen LogP contribution >= 0.6 is 0 Å². The number of rotatable bonds is 2. The van der Waals surface area contributed by atoms with Crippen LogP contribution in [0.3, 0.4) is 0 Å². The molecule has 1 aromatic rings. The van der Waals surface area contributed by atoms with E-state index in [0.717, 1.165) is 12.1 Å². The molecule has 0 bridgehead atoms. The summed E-state index contributed by atoms with van der Waals surface area (Å²) in [6, 6.07) is 4.10. The van der Waals surface area contributed by atoms with Gasteiger partial charge in [0.1, 0.15) is 0 Å². The molecule has 1 aliphatic rings. The van der Waals surface area contributed by atoms with Crippen molar-refractivity contribution < 1.29 is 21.7 Å². The van der Waals surface area contributed by atoms with Crippen molar-refractivity contribution >= 4 is 5.71 Å². The summed E-state index contributed by atoms with van der Waals surface area (Å²) < 4.78 is 0. The van der Waals surface area contributed by atoms with Gasteiger partial charge in [0.05, 0.1) is 5.54 Å². The minimum Gasteiger partial charge on any atom is -0.365 e. The summed E-state index contributed by atoms with van der Waals surface area (Å²) in [6.07, 6.45) is 7.11. The Morgan fingerprint density at radius 1 is 1.43 bits per heavy atom. The van der Waals surface area contributed by atoms with E-state index in [2.05, 4.69) is 42.0 Å². The molecular weight excluding hydrogens is 208 g/mol. The first-order valence-electron chi connectivity index (χ1n) is 4.56. The fourth-order valence-corrected chi connectivity index (χ4v) is 1.52. The maximum Gasteiger partial charge on any atom is 0.0738 e. The van der Waals surface area contributed by atoms with Gasteiger partial charge in [-0.3, -0.25) is 4.99 Å². The zero-order chi connectivity index (χ0) is 9.31. The molecule has 0 saturated heterocycles. The van der Waals surface area contributed by atoms with Gasteiger partial charge in [-0.05, 0) is 32.1 Å². The number of hydrogen-bond donors (Lipinski definition) is 1. The van der Waals surface area contributed by atoms with E-state index in [9.17, 15) is 0 Å². The number of aliphatic imine (C=N–C) groups is 1. The minimum atomic E-state index is 0. The number of nitrogens with one attached hydrogen (secondary N) is 1. The van der Waals surface area contributed by atoms with Crippen molar-refractivity contribution in [2.45, 2.75) is 25.8 Å². The first-order valence-corrected chi connectivity index (χ1v) is 4.56. The van der Waals surface area contributed by atoms with Crippen molar-refractivity contribution in [3.8, 4) is 0 Å². The maximum atomic E-state index is 4.58. The number of aromatic nitrogens is 1. The first-order chi connectivity index (χ1) is 6.16. The molecule has 0 aliphatic carbocycles. The number of nitrogens with zero attached hydrogens (tertiary/aromatic N) is 1. The van der Waals surface area contributed by atoms with Gasteiger partial charge in [-0.25, -0.2) is 0 Å². The van der Waals surface area contributed by atoms with E-state index < -0.39 is 0 Å². The average Bonchev–Trinajstić information content (AvgIpc) is 2.61. The van der Waals surface area contributed by atoms with Gasteiger partial charge in [0, 0.05) is 45.7 Å². The van der Waals surface area contributed by atoms with Gasteiger partial charge in [0.15, 0.2) is 0 Å². The Kier molecular flexibility index (Phi) is 3.51. The fraction of sp³-hybridized carbons (Fsp3) is 0.364. The largest absolute Gasteiger partial charge is 0.365 e. The van der Waals surface area contributed by atoms with Crippen LogP contribution in [0.5, 0.6) is 0 Å². The van der Waals surface area contributed by atoms with E-state index in [1.54, 1.807) is 0 Å². The van der Waals surface area contributed by atoms with Gasteiger partial charge < -0.3 is 4.98 Å². The monoisotopic (exact) mass is 222 g/mol. The summed E-state index contributed by atoms with van der Waals surface area (Å²) in [5.74, 6) is 0. The topological polar surface area (TPSA) is 28.1 Å². The van der Waals surface area contributed by atoms with E-state index in [4.69, 9.17) is 0 Å². The van der Waals surface area contributed by atoms with Crippen LogP contribution in [-0.4, -0.2) is 16.2 Å². The van der Waals surface area contributed by atoms with Crippen LogP contribution in [0.15, 0.2) is 35.5 Å². The summed E-state index contributed by atoms with van der Waals surface area (Å²) in [5, 5.41) is 0.